The minimum atomic E-state index is 0.414. The Labute approximate surface area is 112 Å². The molecule has 2 nitrogen and oxygen atoms in total. The maximum Gasteiger partial charge on any atom is 0.0772 e. The molecule has 0 aliphatic carbocycles. The zero-order chi connectivity index (χ0) is 12.8. The number of nitrogens with zero attached hydrogens (tertiary/aromatic N) is 1. The van der Waals surface area contributed by atoms with Crippen LogP contribution in [-0.2, 0) is 6.54 Å². The summed E-state index contributed by atoms with van der Waals surface area (Å²) in [5.41, 5.74) is 6.59. The number of nitrogens with two attached hydrogens (primary N) is 1. The molecule has 0 saturated heterocycles. The summed E-state index contributed by atoms with van der Waals surface area (Å²) >= 11 is 1.72. The highest BCUT2D eigenvalue weighted by molar-refractivity contribution is 7.12. The van der Waals surface area contributed by atoms with Crippen LogP contribution in [0.4, 0.5) is 5.69 Å². The zero-order valence-corrected chi connectivity index (χ0v) is 11.2. The molecule has 1 heterocycles. The van der Waals surface area contributed by atoms with E-state index in [1.165, 1.54) is 10.6 Å². The van der Waals surface area contributed by atoms with Crippen LogP contribution >= 0.6 is 11.3 Å². The van der Waals surface area contributed by atoms with Crippen LogP contribution in [0.5, 0.6) is 0 Å². The van der Waals surface area contributed by atoms with E-state index in [-0.39, 0.29) is 0 Å². The van der Waals surface area contributed by atoms with Gasteiger partial charge in [-0.1, -0.05) is 30.0 Å². The van der Waals surface area contributed by atoms with Gasteiger partial charge < -0.3 is 10.6 Å². The van der Waals surface area contributed by atoms with Crippen molar-refractivity contribution >= 4 is 17.0 Å². The minimum Gasteiger partial charge on any atom is -0.369 e. The normalized spacial score (nSPS) is 9.67. The second kappa shape index (κ2) is 6.25. The molecule has 18 heavy (non-hydrogen) atoms. The van der Waals surface area contributed by atoms with Crippen molar-refractivity contribution in [2.24, 2.45) is 5.73 Å². The van der Waals surface area contributed by atoms with Crippen LogP contribution in [0.15, 0.2) is 42.5 Å². The number of para-hydroxylation sites is 1. The van der Waals surface area contributed by atoms with E-state index in [2.05, 4.69) is 60.2 Å². The van der Waals surface area contributed by atoms with Gasteiger partial charge in [0.2, 0.25) is 0 Å². The summed E-state index contributed by atoms with van der Waals surface area (Å²) in [6.45, 7) is 1.32. The van der Waals surface area contributed by atoms with Gasteiger partial charge in [0, 0.05) is 17.6 Å². The Kier molecular flexibility index (Phi) is 4.40. The molecule has 0 spiro atoms. The average molecular weight is 256 g/mol. The lowest BCUT2D eigenvalue weighted by atomic mass is 10.3. The monoisotopic (exact) mass is 256 g/mol. The topological polar surface area (TPSA) is 29.3 Å². The van der Waals surface area contributed by atoms with Crippen molar-refractivity contribution in [3.8, 4) is 11.8 Å². The van der Waals surface area contributed by atoms with Gasteiger partial charge in [0.25, 0.3) is 0 Å². The standard InChI is InChI=1S/C15H16N2S/c1-17(13-6-3-2-4-7-13)12-15-10-9-14(18-15)8-5-11-16/h2-4,6-7,9-10H,11-12,16H2,1H3. The molecule has 0 unspecified atom stereocenters. The largest absolute Gasteiger partial charge is 0.369 e. The lowest BCUT2D eigenvalue weighted by Crippen LogP contribution is -2.15. The fourth-order valence-electron chi connectivity index (χ4n) is 1.68. The first kappa shape index (κ1) is 12.7. The predicted octanol–water partition coefficient (Wildman–Crippen LogP) is 2.69. The lowest BCUT2D eigenvalue weighted by Gasteiger charge is -2.17. The van der Waals surface area contributed by atoms with E-state index in [9.17, 15) is 0 Å². The number of anilines is 1. The zero-order valence-electron chi connectivity index (χ0n) is 10.4. The second-order valence-electron chi connectivity index (χ2n) is 3.96. The Morgan fingerprint density at radius 2 is 1.94 bits per heavy atom. The summed E-state index contributed by atoms with van der Waals surface area (Å²) in [5.74, 6) is 5.94. The summed E-state index contributed by atoms with van der Waals surface area (Å²) in [5, 5.41) is 0. The molecule has 2 rings (SSSR count). The van der Waals surface area contributed by atoms with Gasteiger partial charge in [-0.15, -0.1) is 11.3 Å². The molecule has 0 radical (unpaired) electrons. The molecule has 2 N–H and O–H groups in total. The van der Waals surface area contributed by atoms with E-state index in [1.807, 2.05) is 6.07 Å². The molecule has 0 amide bonds. The molecule has 0 aliphatic rings. The third-order valence-electron chi connectivity index (χ3n) is 2.57. The van der Waals surface area contributed by atoms with Crippen LogP contribution in [0.1, 0.15) is 9.75 Å². The van der Waals surface area contributed by atoms with E-state index >= 15 is 0 Å². The van der Waals surface area contributed by atoms with E-state index in [0.29, 0.717) is 6.54 Å². The molecule has 0 atom stereocenters. The Morgan fingerprint density at radius 1 is 1.17 bits per heavy atom. The van der Waals surface area contributed by atoms with Crippen molar-refractivity contribution in [1.29, 1.82) is 0 Å². The summed E-state index contributed by atoms with van der Waals surface area (Å²) in [7, 11) is 2.10. The summed E-state index contributed by atoms with van der Waals surface area (Å²) in [4.78, 5) is 4.62. The Morgan fingerprint density at radius 3 is 2.67 bits per heavy atom. The molecule has 0 aliphatic heterocycles. The van der Waals surface area contributed by atoms with Crippen LogP contribution in [0.2, 0.25) is 0 Å². The Bertz CT molecular complexity index is 549. The number of hydrogen-bond donors (Lipinski definition) is 1. The number of benzene rings is 1. The fourth-order valence-corrected chi connectivity index (χ4v) is 2.61. The van der Waals surface area contributed by atoms with Gasteiger partial charge in [-0.3, -0.25) is 0 Å². The van der Waals surface area contributed by atoms with E-state index in [4.69, 9.17) is 5.73 Å². The van der Waals surface area contributed by atoms with Crippen LogP contribution < -0.4 is 10.6 Å². The van der Waals surface area contributed by atoms with Crippen molar-refractivity contribution in [2.75, 3.05) is 18.5 Å². The highest BCUT2D eigenvalue weighted by atomic mass is 32.1. The van der Waals surface area contributed by atoms with E-state index in [0.717, 1.165) is 11.4 Å². The average Bonchev–Trinajstić information content (AvgIpc) is 2.85. The van der Waals surface area contributed by atoms with Crippen LogP contribution in [-0.4, -0.2) is 13.6 Å². The number of thiophene rings is 1. The fraction of sp³-hybridized carbons (Fsp3) is 0.200. The van der Waals surface area contributed by atoms with Crippen molar-refractivity contribution in [3.63, 3.8) is 0 Å². The number of rotatable bonds is 3. The molecule has 1 aromatic carbocycles. The first-order valence-electron chi connectivity index (χ1n) is 5.83. The maximum atomic E-state index is 5.36. The van der Waals surface area contributed by atoms with Gasteiger partial charge in [-0.25, -0.2) is 0 Å². The SMILES string of the molecule is CN(Cc1ccc(C#CCN)s1)c1ccccc1. The van der Waals surface area contributed by atoms with Crippen molar-refractivity contribution in [3.05, 3.63) is 52.2 Å². The molecule has 3 heteroatoms. The highest BCUT2D eigenvalue weighted by Gasteiger charge is 2.03. The molecular formula is C15H16N2S. The van der Waals surface area contributed by atoms with Crippen molar-refractivity contribution in [1.82, 2.24) is 0 Å². The third kappa shape index (κ3) is 3.36. The van der Waals surface area contributed by atoms with Gasteiger partial charge in [0.15, 0.2) is 0 Å². The summed E-state index contributed by atoms with van der Waals surface area (Å²) in [6, 6.07) is 14.6. The lowest BCUT2D eigenvalue weighted by molar-refractivity contribution is 0.940. The smallest absolute Gasteiger partial charge is 0.0772 e. The summed E-state index contributed by atoms with van der Waals surface area (Å²) in [6.07, 6.45) is 0. The predicted molar refractivity (Wildman–Crippen MR) is 78.8 cm³/mol. The highest BCUT2D eigenvalue weighted by Crippen LogP contribution is 2.20. The molecule has 0 fully saturated rings. The first-order chi connectivity index (χ1) is 8.79. The second-order valence-corrected chi connectivity index (χ2v) is 5.13. The van der Waals surface area contributed by atoms with Gasteiger partial charge in [-0.05, 0) is 24.3 Å². The van der Waals surface area contributed by atoms with Crippen LogP contribution in [0.3, 0.4) is 0 Å². The Balaban J connectivity index is 2.03. The van der Waals surface area contributed by atoms with Gasteiger partial charge in [0.1, 0.15) is 0 Å². The molecule has 0 bridgehead atoms. The first-order valence-corrected chi connectivity index (χ1v) is 6.65. The molecule has 2 aromatic rings. The quantitative estimate of drug-likeness (QED) is 0.856. The Hall–Kier alpha value is -1.76. The molecule has 0 saturated carbocycles. The van der Waals surface area contributed by atoms with Crippen molar-refractivity contribution < 1.29 is 0 Å². The maximum absolute atomic E-state index is 5.36. The van der Waals surface area contributed by atoms with Crippen molar-refractivity contribution in [2.45, 2.75) is 6.54 Å². The van der Waals surface area contributed by atoms with Gasteiger partial charge in [0.05, 0.1) is 18.0 Å². The van der Waals surface area contributed by atoms with Crippen LogP contribution in [0.25, 0.3) is 0 Å². The third-order valence-corrected chi connectivity index (χ3v) is 3.55. The molecule has 1 aromatic heterocycles. The van der Waals surface area contributed by atoms with Gasteiger partial charge >= 0.3 is 0 Å². The van der Waals surface area contributed by atoms with Gasteiger partial charge in [-0.2, -0.15) is 0 Å². The van der Waals surface area contributed by atoms with E-state index < -0.39 is 0 Å². The summed E-state index contributed by atoms with van der Waals surface area (Å²) < 4.78 is 0. The van der Waals surface area contributed by atoms with Crippen LogP contribution in [0, 0.1) is 11.8 Å². The number of hydrogen-bond acceptors (Lipinski definition) is 3. The molecule has 92 valence electrons. The van der Waals surface area contributed by atoms with E-state index in [1.54, 1.807) is 11.3 Å². The minimum absolute atomic E-state index is 0.414. The molecular weight excluding hydrogens is 240 g/mol.